The molecule has 0 radical (unpaired) electrons. The van der Waals surface area contributed by atoms with Gasteiger partial charge >= 0.3 is 18.2 Å². The SMILES string of the molecule is CCOC(=O)C1CCN(c2ccc(N3C[C@@H](CNC(=O)c4cnc(NC(=O)OC(C)(C)C)s4)OC3=O)cc2)CC1. The smallest absolute Gasteiger partial charge is 0.414 e. The molecule has 3 amide bonds. The molecule has 2 aliphatic heterocycles. The molecule has 40 heavy (non-hydrogen) atoms. The number of amides is 3. The van der Waals surface area contributed by atoms with E-state index in [-0.39, 0.29) is 36.0 Å². The molecule has 12 nitrogen and oxygen atoms in total. The van der Waals surface area contributed by atoms with Gasteiger partial charge in [-0.2, -0.15) is 0 Å². The van der Waals surface area contributed by atoms with E-state index in [0.29, 0.717) is 17.2 Å². The van der Waals surface area contributed by atoms with Crippen LogP contribution < -0.4 is 20.4 Å². The molecule has 0 bridgehead atoms. The van der Waals surface area contributed by atoms with Crippen molar-refractivity contribution in [3.8, 4) is 0 Å². The van der Waals surface area contributed by atoms with Gasteiger partial charge < -0.3 is 24.4 Å². The van der Waals surface area contributed by atoms with E-state index in [1.807, 2.05) is 31.2 Å². The summed E-state index contributed by atoms with van der Waals surface area (Å²) in [5, 5.41) is 5.50. The summed E-state index contributed by atoms with van der Waals surface area (Å²) in [4.78, 5) is 57.1. The fourth-order valence-corrected chi connectivity index (χ4v) is 5.16. The first kappa shape index (κ1) is 29.1. The van der Waals surface area contributed by atoms with Crippen molar-refractivity contribution in [3.63, 3.8) is 0 Å². The molecule has 0 unspecified atom stereocenters. The van der Waals surface area contributed by atoms with Gasteiger partial charge in [0.1, 0.15) is 16.6 Å². The number of rotatable bonds is 8. The van der Waals surface area contributed by atoms with Crippen LogP contribution >= 0.6 is 11.3 Å². The molecule has 0 spiro atoms. The third kappa shape index (κ3) is 7.62. The maximum absolute atomic E-state index is 12.6. The van der Waals surface area contributed by atoms with Gasteiger partial charge in [-0.05, 0) is 64.8 Å². The fraction of sp³-hybridized carbons (Fsp3) is 0.519. The lowest BCUT2D eigenvalue weighted by Crippen LogP contribution is -2.37. The summed E-state index contributed by atoms with van der Waals surface area (Å²) in [5.41, 5.74) is 1.07. The highest BCUT2D eigenvalue weighted by Gasteiger charge is 2.33. The maximum atomic E-state index is 12.6. The zero-order chi connectivity index (χ0) is 28.9. The predicted molar refractivity (Wildman–Crippen MR) is 150 cm³/mol. The van der Waals surface area contributed by atoms with Crippen LogP contribution in [0.25, 0.3) is 0 Å². The summed E-state index contributed by atoms with van der Waals surface area (Å²) in [5.74, 6) is -0.567. The number of hydrogen-bond acceptors (Lipinski definition) is 10. The van der Waals surface area contributed by atoms with Crippen molar-refractivity contribution in [3.05, 3.63) is 35.3 Å². The van der Waals surface area contributed by atoms with Gasteiger partial charge in [-0.3, -0.25) is 19.8 Å². The van der Waals surface area contributed by atoms with Gasteiger partial charge in [0.2, 0.25) is 0 Å². The summed E-state index contributed by atoms with van der Waals surface area (Å²) in [6, 6.07) is 7.64. The van der Waals surface area contributed by atoms with Gasteiger partial charge in [-0.25, -0.2) is 14.6 Å². The molecule has 216 valence electrons. The Bertz CT molecular complexity index is 1220. The van der Waals surface area contributed by atoms with Crippen molar-refractivity contribution >= 4 is 51.9 Å². The number of benzene rings is 1. The van der Waals surface area contributed by atoms with Crippen molar-refractivity contribution in [2.24, 2.45) is 5.92 Å². The maximum Gasteiger partial charge on any atom is 0.414 e. The van der Waals surface area contributed by atoms with Crippen LogP contribution in [0.1, 0.15) is 50.2 Å². The Morgan fingerprint density at radius 2 is 1.80 bits per heavy atom. The van der Waals surface area contributed by atoms with E-state index in [0.717, 1.165) is 43.0 Å². The van der Waals surface area contributed by atoms with Crippen LogP contribution in [-0.4, -0.2) is 73.5 Å². The number of carbonyl (C=O) groups is 4. The molecule has 2 saturated heterocycles. The first-order valence-corrected chi connectivity index (χ1v) is 14.1. The highest BCUT2D eigenvalue weighted by Crippen LogP contribution is 2.28. The molecule has 2 fully saturated rings. The quantitative estimate of drug-likeness (QED) is 0.354. The second kappa shape index (κ2) is 12.5. The zero-order valence-electron chi connectivity index (χ0n) is 23.1. The molecule has 4 rings (SSSR count). The second-order valence-corrected chi connectivity index (χ2v) is 11.5. The lowest BCUT2D eigenvalue weighted by Gasteiger charge is -2.32. The summed E-state index contributed by atoms with van der Waals surface area (Å²) in [6.45, 7) is 9.39. The third-order valence-corrected chi connectivity index (χ3v) is 7.25. The van der Waals surface area contributed by atoms with Crippen LogP contribution in [0.3, 0.4) is 0 Å². The first-order chi connectivity index (χ1) is 19.0. The Hall–Kier alpha value is -3.87. The summed E-state index contributed by atoms with van der Waals surface area (Å²) < 4.78 is 15.8. The van der Waals surface area contributed by atoms with Gasteiger partial charge in [0.25, 0.3) is 5.91 Å². The Morgan fingerprint density at radius 3 is 2.45 bits per heavy atom. The molecule has 1 aromatic heterocycles. The monoisotopic (exact) mass is 573 g/mol. The van der Waals surface area contributed by atoms with E-state index < -0.39 is 23.9 Å². The molecular weight excluding hydrogens is 538 g/mol. The second-order valence-electron chi connectivity index (χ2n) is 10.5. The van der Waals surface area contributed by atoms with Crippen molar-refractivity contribution in [1.29, 1.82) is 0 Å². The number of piperidine rings is 1. The van der Waals surface area contributed by atoms with Crippen LogP contribution in [0.5, 0.6) is 0 Å². The number of thiazole rings is 1. The summed E-state index contributed by atoms with van der Waals surface area (Å²) in [7, 11) is 0. The first-order valence-electron chi connectivity index (χ1n) is 13.3. The Balaban J connectivity index is 1.24. The average molecular weight is 574 g/mol. The lowest BCUT2D eigenvalue weighted by molar-refractivity contribution is -0.148. The van der Waals surface area contributed by atoms with Crippen molar-refractivity contribution in [2.45, 2.75) is 52.2 Å². The molecule has 2 N–H and O–H groups in total. The van der Waals surface area contributed by atoms with Crippen LogP contribution in [0, 0.1) is 5.92 Å². The van der Waals surface area contributed by atoms with E-state index >= 15 is 0 Å². The number of cyclic esters (lactones) is 1. The normalized spacial score (nSPS) is 17.8. The molecule has 1 aromatic carbocycles. The Kier molecular flexibility index (Phi) is 9.13. The summed E-state index contributed by atoms with van der Waals surface area (Å²) in [6.07, 6.45) is 1.19. The standard InChI is InChI=1S/C27H35N5O7S/c1-5-37-23(34)17-10-12-31(13-11-17)18-6-8-19(9-7-18)32-16-20(38-26(32)36)14-28-22(33)21-15-29-24(40-21)30-25(35)39-27(2,3)4/h6-9,15,17,20H,5,10-14,16H2,1-4H3,(H,28,33)(H,29,30,35)/t20-/m1/s1. The minimum Gasteiger partial charge on any atom is -0.466 e. The summed E-state index contributed by atoms with van der Waals surface area (Å²) >= 11 is 1.01. The van der Waals surface area contributed by atoms with E-state index in [4.69, 9.17) is 14.2 Å². The van der Waals surface area contributed by atoms with Gasteiger partial charge in [-0.15, -0.1) is 0 Å². The van der Waals surface area contributed by atoms with Crippen molar-refractivity contribution < 1.29 is 33.4 Å². The number of carbonyl (C=O) groups excluding carboxylic acids is 4. The third-order valence-electron chi connectivity index (χ3n) is 6.34. The molecule has 1 atom stereocenters. The zero-order valence-corrected chi connectivity index (χ0v) is 23.9. The van der Waals surface area contributed by atoms with E-state index in [1.54, 1.807) is 20.8 Å². The van der Waals surface area contributed by atoms with E-state index in [1.165, 1.54) is 11.1 Å². The van der Waals surface area contributed by atoms with Crippen LogP contribution in [0.15, 0.2) is 30.5 Å². The average Bonchev–Trinajstić information content (AvgIpc) is 3.53. The Labute approximate surface area is 237 Å². The molecule has 13 heteroatoms. The molecular formula is C27H35N5O7S. The number of hydrogen-bond donors (Lipinski definition) is 2. The van der Waals surface area contributed by atoms with Crippen LogP contribution in [-0.2, 0) is 19.0 Å². The predicted octanol–water partition coefficient (Wildman–Crippen LogP) is 4.02. The van der Waals surface area contributed by atoms with Gasteiger partial charge in [0, 0.05) is 24.5 Å². The fourth-order valence-electron chi connectivity index (χ4n) is 4.44. The topological polar surface area (TPSA) is 139 Å². The highest BCUT2D eigenvalue weighted by atomic mass is 32.1. The minimum absolute atomic E-state index is 0.0562. The largest absolute Gasteiger partial charge is 0.466 e. The van der Waals surface area contributed by atoms with Crippen molar-refractivity contribution in [2.75, 3.05) is 47.9 Å². The van der Waals surface area contributed by atoms with Crippen LogP contribution in [0.4, 0.5) is 26.1 Å². The van der Waals surface area contributed by atoms with Gasteiger partial charge in [-0.1, -0.05) is 11.3 Å². The number of nitrogens with zero attached hydrogens (tertiary/aromatic N) is 3. The minimum atomic E-state index is -0.654. The number of nitrogens with one attached hydrogen (secondary N) is 2. The van der Waals surface area contributed by atoms with Gasteiger partial charge in [0.15, 0.2) is 5.13 Å². The number of esters is 1. The molecule has 2 aliphatic rings. The van der Waals surface area contributed by atoms with Crippen LogP contribution in [0.2, 0.25) is 0 Å². The molecule has 0 aliphatic carbocycles. The van der Waals surface area contributed by atoms with E-state index in [9.17, 15) is 19.2 Å². The molecule has 0 saturated carbocycles. The lowest BCUT2D eigenvalue weighted by atomic mass is 9.96. The number of anilines is 3. The number of ether oxygens (including phenoxy) is 3. The van der Waals surface area contributed by atoms with Crippen molar-refractivity contribution in [1.82, 2.24) is 10.3 Å². The van der Waals surface area contributed by atoms with Gasteiger partial charge in [0.05, 0.1) is 31.8 Å². The molecule has 3 heterocycles. The molecule has 2 aromatic rings. The Morgan fingerprint density at radius 1 is 1.12 bits per heavy atom. The highest BCUT2D eigenvalue weighted by molar-refractivity contribution is 7.17. The number of aromatic nitrogens is 1. The van der Waals surface area contributed by atoms with E-state index in [2.05, 4.69) is 20.5 Å².